The van der Waals surface area contributed by atoms with Crippen molar-refractivity contribution in [1.29, 1.82) is 0 Å². The minimum atomic E-state index is 0.297. The molecule has 0 bridgehead atoms. The van der Waals surface area contributed by atoms with Crippen LogP contribution >= 0.6 is 0 Å². The lowest BCUT2D eigenvalue weighted by molar-refractivity contribution is 0.495. The molecule has 1 aliphatic heterocycles. The summed E-state index contributed by atoms with van der Waals surface area (Å²) in [5, 5.41) is 3.45. The van der Waals surface area contributed by atoms with Gasteiger partial charge in [0.2, 0.25) is 0 Å². The average molecular weight is 155 g/mol. The maximum Gasteiger partial charge on any atom is 0.0111 e. The minimum Gasteiger partial charge on any atom is -0.327 e. The van der Waals surface area contributed by atoms with E-state index in [1.807, 2.05) is 0 Å². The molecular formula is C9H19N2. The molecule has 2 nitrogen and oxygen atoms in total. The predicted octanol–water partition coefficient (Wildman–Crippen LogP) is 1.07. The monoisotopic (exact) mass is 155 g/mol. The van der Waals surface area contributed by atoms with E-state index >= 15 is 0 Å². The summed E-state index contributed by atoms with van der Waals surface area (Å²) >= 11 is 0. The zero-order valence-corrected chi connectivity index (χ0v) is 7.56. The molecule has 1 aliphatic rings. The van der Waals surface area contributed by atoms with E-state index < -0.39 is 0 Å². The Bertz CT molecular complexity index is 106. The van der Waals surface area contributed by atoms with E-state index in [1.165, 1.54) is 25.3 Å². The smallest absolute Gasteiger partial charge is 0.0111 e. The van der Waals surface area contributed by atoms with Crippen molar-refractivity contribution in [3.05, 3.63) is 5.92 Å². The topological polar surface area (TPSA) is 38.0 Å². The van der Waals surface area contributed by atoms with Gasteiger partial charge < -0.3 is 11.1 Å². The Hall–Kier alpha value is -0.0800. The summed E-state index contributed by atoms with van der Waals surface area (Å²) in [4.78, 5) is 0. The molecule has 2 heteroatoms. The molecule has 1 fully saturated rings. The first kappa shape index (κ1) is 9.01. The summed E-state index contributed by atoms with van der Waals surface area (Å²) < 4.78 is 0. The molecule has 1 unspecified atom stereocenters. The molecule has 1 rings (SSSR count). The third-order valence-corrected chi connectivity index (χ3v) is 2.44. The second kappa shape index (κ2) is 4.07. The summed E-state index contributed by atoms with van der Waals surface area (Å²) in [6.07, 6.45) is 3.74. The van der Waals surface area contributed by atoms with Crippen LogP contribution in [0.1, 0.15) is 33.1 Å². The molecule has 0 aromatic rings. The van der Waals surface area contributed by atoms with Gasteiger partial charge in [-0.05, 0) is 31.7 Å². The Labute approximate surface area is 69.5 Å². The molecule has 1 radical (unpaired) electrons. The Morgan fingerprint density at radius 2 is 2.36 bits per heavy atom. The zero-order valence-electron chi connectivity index (χ0n) is 7.56. The van der Waals surface area contributed by atoms with Crippen LogP contribution in [0.3, 0.4) is 0 Å². The van der Waals surface area contributed by atoms with Crippen LogP contribution in [0.4, 0.5) is 0 Å². The van der Waals surface area contributed by atoms with Gasteiger partial charge in [-0.1, -0.05) is 13.8 Å². The van der Waals surface area contributed by atoms with Gasteiger partial charge in [0.05, 0.1) is 0 Å². The highest BCUT2D eigenvalue weighted by molar-refractivity contribution is 4.93. The standard InChI is InChI=1S/C9H19N2/c1-7(2)9(10)6-8-4-3-5-11-8/h8-9,11H,3-6,10H2,1-2H3/t8-,9?/m1/s1. The first-order valence-corrected chi connectivity index (χ1v) is 4.49. The molecular weight excluding hydrogens is 136 g/mol. The lowest BCUT2D eigenvalue weighted by atomic mass is 9.97. The summed E-state index contributed by atoms with van der Waals surface area (Å²) in [5.74, 6) is 1.35. The number of nitrogens with two attached hydrogens (primary N) is 1. The van der Waals surface area contributed by atoms with Crippen molar-refractivity contribution in [2.45, 2.75) is 45.2 Å². The molecule has 0 aromatic carbocycles. The van der Waals surface area contributed by atoms with Crippen molar-refractivity contribution in [2.75, 3.05) is 6.54 Å². The SMILES string of the molecule is C[C](C)C(N)C[C@H]1CCCN1. The number of rotatable bonds is 3. The van der Waals surface area contributed by atoms with Crippen molar-refractivity contribution in [3.63, 3.8) is 0 Å². The predicted molar refractivity (Wildman–Crippen MR) is 48.2 cm³/mol. The molecule has 1 saturated heterocycles. The largest absolute Gasteiger partial charge is 0.327 e. The Kier molecular flexibility index (Phi) is 3.34. The van der Waals surface area contributed by atoms with E-state index in [1.54, 1.807) is 0 Å². The third kappa shape index (κ3) is 2.80. The lowest BCUT2D eigenvalue weighted by Gasteiger charge is -2.19. The average Bonchev–Trinajstić information content (AvgIpc) is 2.39. The molecule has 0 aliphatic carbocycles. The molecule has 1 heterocycles. The van der Waals surface area contributed by atoms with Crippen LogP contribution in [0.15, 0.2) is 0 Å². The maximum absolute atomic E-state index is 5.92. The van der Waals surface area contributed by atoms with Gasteiger partial charge in [0, 0.05) is 12.1 Å². The summed E-state index contributed by atoms with van der Waals surface area (Å²) in [5.41, 5.74) is 5.92. The quantitative estimate of drug-likeness (QED) is 0.640. The second-order valence-corrected chi connectivity index (χ2v) is 3.71. The van der Waals surface area contributed by atoms with Gasteiger partial charge in [0.15, 0.2) is 0 Å². The second-order valence-electron chi connectivity index (χ2n) is 3.71. The molecule has 0 aromatic heterocycles. The van der Waals surface area contributed by atoms with Crippen molar-refractivity contribution in [1.82, 2.24) is 5.32 Å². The third-order valence-electron chi connectivity index (χ3n) is 2.44. The van der Waals surface area contributed by atoms with Crippen LogP contribution in [0.2, 0.25) is 0 Å². The number of hydrogen-bond donors (Lipinski definition) is 2. The maximum atomic E-state index is 5.92. The van der Waals surface area contributed by atoms with Gasteiger partial charge in [0.1, 0.15) is 0 Å². The molecule has 3 N–H and O–H groups in total. The van der Waals surface area contributed by atoms with Crippen LogP contribution in [-0.2, 0) is 0 Å². The van der Waals surface area contributed by atoms with Crippen LogP contribution in [0, 0.1) is 5.92 Å². The van der Waals surface area contributed by atoms with Crippen LogP contribution in [-0.4, -0.2) is 18.6 Å². The Morgan fingerprint density at radius 1 is 1.64 bits per heavy atom. The van der Waals surface area contributed by atoms with E-state index in [2.05, 4.69) is 19.2 Å². The van der Waals surface area contributed by atoms with E-state index in [-0.39, 0.29) is 0 Å². The van der Waals surface area contributed by atoms with Gasteiger partial charge in [0.25, 0.3) is 0 Å². The fraction of sp³-hybridized carbons (Fsp3) is 0.889. The van der Waals surface area contributed by atoms with Gasteiger partial charge in [-0.15, -0.1) is 0 Å². The van der Waals surface area contributed by atoms with Gasteiger partial charge in [-0.2, -0.15) is 0 Å². The van der Waals surface area contributed by atoms with Crippen molar-refractivity contribution in [2.24, 2.45) is 5.73 Å². The lowest BCUT2D eigenvalue weighted by Crippen LogP contribution is -2.34. The van der Waals surface area contributed by atoms with Gasteiger partial charge in [-0.25, -0.2) is 0 Å². The fourth-order valence-electron chi connectivity index (χ4n) is 1.50. The molecule has 0 amide bonds. The molecule has 65 valence electrons. The molecule has 0 spiro atoms. The highest BCUT2D eigenvalue weighted by Gasteiger charge is 2.18. The zero-order chi connectivity index (χ0) is 8.27. The summed E-state index contributed by atoms with van der Waals surface area (Å²) in [6, 6.07) is 0.977. The van der Waals surface area contributed by atoms with E-state index in [0.29, 0.717) is 12.1 Å². The van der Waals surface area contributed by atoms with Crippen molar-refractivity contribution in [3.8, 4) is 0 Å². The van der Waals surface area contributed by atoms with Gasteiger partial charge in [-0.3, -0.25) is 0 Å². The highest BCUT2D eigenvalue weighted by atomic mass is 14.9. The number of hydrogen-bond acceptors (Lipinski definition) is 2. The van der Waals surface area contributed by atoms with Crippen molar-refractivity contribution < 1.29 is 0 Å². The fourth-order valence-corrected chi connectivity index (χ4v) is 1.50. The summed E-state index contributed by atoms with van der Waals surface area (Å²) in [6.45, 7) is 5.40. The first-order chi connectivity index (χ1) is 5.20. The minimum absolute atomic E-state index is 0.297. The Morgan fingerprint density at radius 3 is 2.82 bits per heavy atom. The Balaban J connectivity index is 2.18. The van der Waals surface area contributed by atoms with Crippen molar-refractivity contribution >= 4 is 0 Å². The summed E-state index contributed by atoms with van der Waals surface area (Å²) in [7, 11) is 0. The van der Waals surface area contributed by atoms with E-state index in [4.69, 9.17) is 5.73 Å². The van der Waals surface area contributed by atoms with E-state index in [9.17, 15) is 0 Å². The molecule has 2 atom stereocenters. The number of nitrogens with one attached hydrogen (secondary N) is 1. The van der Waals surface area contributed by atoms with Crippen LogP contribution in [0.5, 0.6) is 0 Å². The van der Waals surface area contributed by atoms with Crippen LogP contribution < -0.4 is 11.1 Å². The first-order valence-electron chi connectivity index (χ1n) is 4.49. The van der Waals surface area contributed by atoms with Crippen LogP contribution in [0.25, 0.3) is 0 Å². The van der Waals surface area contributed by atoms with Gasteiger partial charge >= 0.3 is 0 Å². The molecule has 11 heavy (non-hydrogen) atoms. The van der Waals surface area contributed by atoms with E-state index in [0.717, 1.165) is 6.42 Å². The molecule has 0 saturated carbocycles. The highest BCUT2D eigenvalue weighted by Crippen LogP contribution is 2.14. The normalized spacial score (nSPS) is 27.8.